The molecular formula is C19H21BCl2O3. The van der Waals surface area contributed by atoms with Gasteiger partial charge in [-0.1, -0.05) is 65.1 Å². The zero-order valence-corrected chi connectivity index (χ0v) is 16.2. The molecule has 0 saturated carbocycles. The van der Waals surface area contributed by atoms with Gasteiger partial charge in [-0.2, -0.15) is 0 Å². The van der Waals surface area contributed by atoms with E-state index in [-0.39, 0.29) is 5.78 Å². The van der Waals surface area contributed by atoms with Crippen molar-refractivity contribution >= 4 is 42.3 Å². The molecule has 25 heavy (non-hydrogen) atoms. The first-order chi connectivity index (χ1) is 11.3. The van der Waals surface area contributed by atoms with Gasteiger partial charge in [0.25, 0.3) is 0 Å². The number of rotatable bonds is 3. The smallest absolute Gasteiger partial charge is 0.194 e. The molecule has 0 saturated heterocycles. The summed E-state index contributed by atoms with van der Waals surface area (Å²) in [6.45, 7) is 6.31. The molecule has 2 aromatic carbocycles. The molecule has 0 unspecified atom stereocenters. The highest BCUT2D eigenvalue weighted by molar-refractivity contribution is 6.47. The second kappa shape index (κ2) is 8.37. The van der Waals surface area contributed by atoms with E-state index in [4.69, 9.17) is 41.3 Å². The van der Waals surface area contributed by atoms with Crippen molar-refractivity contribution in [3.05, 3.63) is 63.6 Å². The summed E-state index contributed by atoms with van der Waals surface area (Å²) in [6.07, 6.45) is 0. The molecule has 0 aromatic heterocycles. The molecule has 132 valence electrons. The highest BCUT2D eigenvalue weighted by Gasteiger charge is 2.31. The highest BCUT2D eigenvalue weighted by Crippen LogP contribution is 2.22. The summed E-state index contributed by atoms with van der Waals surface area (Å²) < 4.78 is 0. The number of carbonyl (C=O) groups excluding carboxylic acids is 1. The Bertz CT molecular complexity index is 721. The van der Waals surface area contributed by atoms with Crippen LogP contribution in [0.2, 0.25) is 10.0 Å². The topological polar surface area (TPSA) is 57.5 Å². The summed E-state index contributed by atoms with van der Waals surface area (Å²) in [6, 6.07) is 11.9. The Morgan fingerprint density at radius 3 is 1.84 bits per heavy atom. The van der Waals surface area contributed by atoms with Crippen LogP contribution in [-0.4, -0.2) is 35.0 Å². The van der Waals surface area contributed by atoms with Crippen molar-refractivity contribution in [2.24, 2.45) is 0 Å². The summed E-state index contributed by atoms with van der Waals surface area (Å²) in [4.78, 5) is 12.1. The van der Waals surface area contributed by atoms with Gasteiger partial charge in [0.1, 0.15) is 7.85 Å². The fourth-order valence-electron chi connectivity index (χ4n) is 1.48. The molecule has 0 aliphatic carbocycles. The monoisotopic (exact) mass is 378 g/mol. The van der Waals surface area contributed by atoms with Gasteiger partial charge in [-0.15, -0.1) is 0 Å². The van der Waals surface area contributed by atoms with Gasteiger partial charge >= 0.3 is 0 Å². The van der Waals surface area contributed by atoms with E-state index in [1.165, 1.54) is 12.1 Å². The number of carbonyl (C=O) groups is 1. The molecular weight excluding hydrogens is 358 g/mol. The fourth-order valence-corrected chi connectivity index (χ4v) is 1.95. The summed E-state index contributed by atoms with van der Waals surface area (Å²) >= 11 is 11.8. The zero-order chi connectivity index (χ0) is 19.4. The van der Waals surface area contributed by atoms with E-state index < -0.39 is 11.2 Å². The molecule has 2 aromatic rings. The van der Waals surface area contributed by atoms with Crippen LogP contribution in [0.1, 0.15) is 43.6 Å². The third kappa shape index (κ3) is 6.16. The maximum Gasteiger partial charge on any atom is 0.194 e. The quantitative estimate of drug-likeness (QED) is 0.634. The number of benzene rings is 2. The van der Waals surface area contributed by atoms with E-state index in [2.05, 4.69) is 0 Å². The standard InChI is InChI=1S/C13H7BCl2O.C6H14O2/c14-10-6-9(11(15)7-12(10)16)13(17)8-4-2-1-3-5-8;1-5(2,7)6(3,4)8/h1-7H;7-8H,1-4H3. The Kier molecular flexibility index (Phi) is 7.27. The Labute approximate surface area is 160 Å². The largest absolute Gasteiger partial charge is 0.387 e. The molecule has 0 bridgehead atoms. The molecule has 0 fully saturated rings. The van der Waals surface area contributed by atoms with Crippen molar-refractivity contribution in [2.75, 3.05) is 0 Å². The Hall–Kier alpha value is -1.33. The Morgan fingerprint density at radius 1 is 0.920 bits per heavy atom. The Morgan fingerprint density at radius 2 is 1.40 bits per heavy atom. The van der Waals surface area contributed by atoms with Crippen LogP contribution in [0.4, 0.5) is 0 Å². The zero-order valence-electron chi connectivity index (χ0n) is 14.7. The third-order valence-corrected chi connectivity index (χ3v) is 4.50. The van der Waals surface area contributed by atoms with E-state index >= 15 is 0 Å². The second-order valence-corrected chi connectivity index (χ2v) is 7.48. The average Bonchev–Trinajstić information content (AvgIpc) is 2.50. The molecule has 0 aliphatic rings. The van der Waals surface area contributed by atoms with Crippen molar-refractivity contribution < 1.29 is 15.0 Å². The summed E-state index contributed by atoms with van der Waals surface area (Å²) in [5.41, 5.74) is -0.744. The lowest BCUT2D eigenvalue weighted by Crippen LogP contribution is -2.44. The van der Waals surface area contributed by atoms with Crippen LogP contribution in [0.25, 0.3) is 0 Å². The van der Waals surface area contributed by atoms with Crippen molar-refractivity contribution in [1.82, 2.24) is 0 Å². The van der Waals surface area contributed by atoms with E-state index in [1.807, 2.05) is 6.07 Å². The SMILES string of the molecule is CC(C)(O)C(C)(C)O.[B]c1cc(C(=O)c2ccccc2)c(Cl)cc1Cl. The summed E-state index contributed by atoms with van der Waals surface area (Å²) in [5, 5.41) is 18.9. The molecule has 0 amide bonds. The maximum absolute atomic E-state index is 12.1. The minimum atomic E-state index is -1.01. The molecule has 2 rings (SSSR count). The summed E-state index contributed by atoms with van der Waals surface area (Å²) in [5.74, 6) is -0.168. The van der Waals surface area contributed by atoms with Crippen molar-refractivity contribution in [3.8, 4) is 0 Å². The molecule has 0 atom stereocenters. The Balaban J connectivity index is 0.000000333. The van der Waals surface area contributed by atoms with Gasteiger partial charge < -0.3 is 10.2 Å². The second-order valence-electron chi connectivity index (χ2n) is 6.67. The van der Waals surface area contributed by atoms with E-state index in [9.17, 15) is 4.79 Å². The normalized spacial score (nSPS) is 11.5. The molecule has 0 aliphatic heterocycles. The van der Waals surface area contributed by atoms with Gasteiger partial charge in [0.15, 0.2) is 5.78 Å². The fraction of sp³-hybridized carbons (Fsp3) is 0.316. The first kappa shape index (κ1) is 21.7. The predicted octanol–water partition coefficient (Wildman–Crippen LogP) is 3.55. The molecule has 2 radical (unpaired) electrons. The van der Waals surface area contributed by atoms with E-state index in [0.717, 1.165) is 0 Å². The van der Waals surface area contributed by atoms with Crippen molar-refractivity contribution in [2.45, 2.75) is 38.9 Å². The minimum Gasteiger partial charge on any atom is -0.387 e. The van der Waals surface area contributed by atoms with Crippen LogP contribution in [0, 0.1) is 0 Å². The number of aliphatic hydroxyl groups is 2. The van der Waals surface area contributed by atoms with Gasteiger partial charge in [-0.25, -0.2) is 0 Å². The van der Waals surface area contributed by atoms with E-state index in [0.29, 0.717) is 26.6 Å². The summed E-state index contributed by atoms with van der Waals surface area (Å²) in [7, 11) is 5.66. The lowest BCUT2D eigenvalue weighted by Gasteiger charge is -2.31. The van der Waals surface area contributed by atoms with Crippen LogP contribution < -0.4 is 5.46 Å². The number of halogens is 2. The van der Waals surface area contributed by atoms with Crippen LogP contribution in [0.5, 0.6) is 0 Å². The minimum absolute atomic E-state index is 0.168. The van der Waals surface area contributed by atoms with Crippen LogP contribution >= 0.6 is 23.2 Å². The predicted molar refractivity (Wildman–Crippen MR) is 104 cm³/mol. The van der Waals surface area contributed by atoms with Gasteiger partial charge in [0, 0.05) is 16.1 Å². The third-order valence-electron chi connectivity index (χ3n) is 3.86. The van der Waals surface area contributed by atoms with Crippen molar-refractivity contribution in [1.29, 1.82) is 0 Å². The maximum atomic E-state index is 12.1. The van der Waals surface area contributed by atoms with Gasteiger partial charge in [0.2, 0.25) is 0 Å². The lowest BCUT2D eigenvalue weighted by atomic mass is 9.90. The highest BCUT2D eigenvalue weighted by atomic mass is 35.5. The molecule has 6 heteroatoms. The molecule has 3 nitrogen and oxygen atoms in total. The van der Waals surface area contributed by atoms with Crippen molar-refractivity contribution in [3.63, 3.8) is 0 Å². The number of hydrogen-bond donors (Lipinski definition) is 2. The molecule has 2 N–H and O–H groups in total. The van der Waals surface area contributed by atoms with E-state index in [1.54, 1.807) is 52.0 Å². The number of ketones is 1. The first-order valence-electron chi connectivity index (χ1n) is 7.63. The molecule has 0 spiro atoms. The number of hydrogen-bond acceptors (Lipinski definition) is 3. The van der Waals surface area contributed by atoms with Crippen LogP contribution in [0.3, 0.4) is 0 Å². The molecule has 0 heterocycles. The first-order valence-corrected chi connectivity index (χ1v) is 8.39. The average molecular weight is 379 g/mol. The van der Waals surface area contributed by atoms with Gasteiger partial charge in [0.05, 0.1) is 16.2 Å². The lowest BCUT2D eigenvalue weighted by molar-refractivity contribution is -0.107. The van der Waals surface area contributed by atoms with Gasteiger partial charge in [-0.05, 0) is 33.8 Å². The van der Waals surface area contributed by atoms with Crippen LogP contribution in [0.15, 0.2) is 42.5 Å². The van der Waals surface area contributed by atoms with Gasteiger partial charge in [-0.3, -0.25) is 4.79 Å². The van der Waals surface area contributed by atoms with Crippen LogP contribution in [-0.2, 0) is 0 Å².